The Morgan fingerprint density at radius 2 is 2.50 bits per heavy atom. The topological polar surface area (TPSA) is 74.0 Å². The molecule has 1 unspecified atom stereocenters. The van der Waals surface area contributed by atoms with E-state index in [1.54, 1.807) is 18.3 Å². The maximum absolute atomic E-state index is 10.8. The summed E-state index contributed by atoms with van der Waals surface area (Å²) < 4.78 is 0. The number of carboxylic acid groups (broad SMARTS) is 1. The maximum atomic E-state index is 10.8. The number of nitrogens with zero attached hydrogens (tertiary/aromatic N) is 2. The van der Waals surface area contributed by atoms with Gasteiger partial charge in [-0.25, -0.2) is 4.98 Å². The zero-order valence-corrected chi connectivity index (χ0v) is 9.70. The number of aliphatic carboxylic acids is 1. The van der Waals surface area contributed by atoms with Crippen LogP contribution < -0.4 is 0 Å². The minimum absolute atomic E-state index is 0.362. The molecule has 1 heterocycles. The summed E-state index contributed by atoms with van der Waals surface area (Å²) in [5.74, 6) is -0.204. The van der Waals surface area contributed by atoms with Crippen molar-refractivity contribution in [3.05, 3.63) is 29.6 Å². The van der Waals surface area contributed by atoms with Crippen molar-refractivity contribution in [1.82, 2.24) is 4.98 Å². The number of carboxylic acids is 1. The van der Waals surface area contributed by atoms with Crippen molar-refractivity contribution in [2.75, 3.05) is 0 Å². The fourth-order valence-electron chi connectivity index (χ4n) is 1.19. The lowest BCUT2D eigenvalue weighted by Gasteiger charge is -2.08. The molecule has 0 aliphatic heterocycles. The van der Waals surface area contributed by atoms with Crippen LogP contribution in [-0.2, 0) is 10.5 Å². The summed E-state index contributed by atoms with van der Waals surface area (Å²) in [5, 5.41) is 17.1. The predicted octanol–water partition coefficient (Wildman–Crippen LogP) is 2.05. The SMILES string of the molecule is CCC(SCc1ccnc(C#N)c1)C(=O)O. The number of aromatic nitrogens is 1. The van der Waals surface area contributed by atoms with Gasteiger partial charge in [-0.3, -0.25) is 4.79 Å². The summed E-state index contributed by atoms with van der Waals surface area (Å²) >= 11 is 1.37. The molecule has 0 bridgehead atoms. The summed E-state index contributed by atoms with van der Waals surface area (Å²) in [6.45, 7) is 1.85. The second kappa shape index (κ2) is 6.13. The van der Waals surface area contributed by atoms with Gasteiger partial charge < -0.3 is 5.11 Å². The van der Waals surface area contributed by atoms with Crippen LogP contribution in [0.25, 0.3) is 0 Å². The minimum atomic E-state index is -0.790. The fraction of sp³-hybridized carbons (Fsp3) is 0.364. The summed E-state index contributed by atoms with van der Waals surface area (Å²) in [5.41, 5.74) is 1.29. The van der Waals surface area contributed by atoms with E-state index in [0.29, 0.717) is 17.9 Å². The molecule has 0 fully saturated rings. The van der Waals surface area contributed by atoms with Gasteiger partial charge in [0.25, 0.3) is 0 Å². The molecule has 84 valence electrons. The molecule has 16 heavy (non-hydrogen) atoms. The Kier molecular flexibility index (Phi) is 4.80. The molecule has 0 saturated carbocycles. The first-order chi connectivity index (χ1) is 7.67. The van der Waals surface area contributed by atoms with Crippen LogP contribution in [0, 0.1) is 11.3 Å². The highest BCUT2D eigenvalue weighted by molar-refractivity contribution is 7.99. The highest BCUT2D eigenvalue weighted by Gasteiger charge is 2.15. The molecular weight excluding hydrogens is 224 g/mol. The van der Waals surface area contributed by atoms with Crippen LogP contribution in [0.4, 0.5) is 0 Å². The van der Waals surface area contributed by atoms with E-state index in [1.165, 1.54) is 11.8 Å². The van der Waals surface area contributed by atoms with E-state index in [2.05, 4.69) is 4.98 Å². The van der Waals surface area contributed by atoms with Crippen molar-refractivity contribution in [3.8, 4) is 6.07 Å². The number of thioether (sulfide) groups is 1. The lowest BCUT2D eigenvalue weighted by Crippen LogP contribution is -2.15. The molecule has 0 saturated heterocycles. The van der Waals surface area contributed by atoms with Gasteiger partial charge in [0.05, 0.1) is 0 Å². The molecule has 0 spiro atoms. The van der Waals surface area contributed by atoms with Crippen molar-refractivity contribution < 1.29 is 9.90 Å². The third kappa shape index (κ3) is 3.55. The van der Waals surface area contributed by atoms with Crippen molar-refractivity contribution >= 4 is 17.7 Å². The van der Waals surface area contributed by atoms with Crippen LogP contribution in [0.5, 0.6) is 0 Å². The third-order valence-corrected chi connectivity index (χ3v) is 3.47. The number of pyridine rings is 1. The van der Waals surface area contributed by atoms with Crippen molar-refractivity contribution in [3.63, 3.8) is 0 Å². The van der Waals surface area contributed by atoms with Gasteiger partial charge >= 0.3 is 5.97 Å². The van der Waals surface area contributed by atoms with Crippen molar-refractivity contribution in [1.29, 1.82) is 5.26 Å². The minimum Gasteiger partial charge on any atom is -0.480 e. The van der Waals surface area contributed by atoms with E-state index in [9.17, 15) is 4.79 Å². The maximum Gasteiger partial charge on any atom is 0.316 e. The Morgan fingerprint density at radius 3 is 3.06 bits per heavy atom. The van der Waals surface area contributed by atoms with Crippen LogP contribution in [0.2, 0.25) is 0 Å². The summed E-state index contributed by atoms with van der Waals surface area (Å²) in [6.07, 6.45) is 2.16. The lowest BCUT2D eigenvalue weighted by atomic mass is 10.2. The molecule has 5 heteroatoms. The Bertz CT molecular complexity index is 415. The van der Waals surface area contributed by atoms with E-state index in [4.69, 9.17) is 10.4 Å². The number of hydrogen-bond acceptors (Lipinski definition) is 4. The Balaban J connectivity index is 2.60. The van der Waals surface area contributed by atoms with Gasteiger partial charge in [-0.05, 0) is 24.1 Å². The summed E-state index contributed by atoms with van der Waals surface area (Å²) in [6, 6.07) is 5.43. The summed E-state index contributed by atoms with van der Waals surface area (Å²) in [4.78, 5) is 14.6. The average Bonchev–Trinajstić information content (AvgIpc) is 2.29. The molecule has 0 aliphatic rings. The van der Waals surface area contributed by atoms with E-state index in [1.807, 2.05) is 13.0 Å². The molecule has 0 aromatic carbocycles. The van der Waals surface area contributed by atoms with Crippen LogP contribution in [-0.4, -0.2) is 21.3 Å². The molecule has 0 amide bonds. The van der Waals surface area contributed by atoms with E-state index in [-0.39, 0.29) is 0 Å². The van der Waals surface area contributed by atoms with Gasteiger partial charge in [0, 0.05) is 11.9 Å². The highest BCUT2D eigenvalue weighted by atomic mass is 32.2. The first-order valence-corrected chi connectivity index (χ1v) is 5.91. The monoisotopic (exact) mass is 236 g/mol. The lowest BCUT2D eigenvalue weighted by molar-refractivity contribution is -0.136. The Labute approximate surface area is 98.3 Å². The highest BCUT2D eigenvalue weighted by Crippen LogP contribution is 2.20. The largest absolute Gasteiger partial charge is 0.480 e. The number of carbonyl (C=O) groups is 1. The number of rotatable bonds is 5. The van der Waals surface area contributed by atoms with Gasteiger partial charge in [-0.1, -0.05) is 6.92 Å². The first-order valence-electron chi connectivity index (χ1n) is 4.86. The molecule has 1 rings (SSSR count). The zero-order chi connectivity index (χ0) is 12.0. The van der Waals surface area contributed by atoms with Gasteiger partial charge in [-0.15, -0.1) is 11.8 Å². The van der Waals surface area contributed by atoms with Crippen LogP contribution in [0.1, 0.15) is 24.6 Å². The quantitative estimate of drug-likeness (QED) is 0.846. The van der Waals surface area contributed by atoms with Crippen LogP contribution in [0.3, 0.4) is 0 Å². The molecular formula is C11H12N2O2S. The Morgan fingerprint density at radius 1 is 1.75 bits per heavy atom. The van der Waals surface area contributed by atoms with E-state index < -0.39 is 11.2 Å². The molecule has 0 aliphatic carbocycles. The second-order valence-electron chi connectivity index (χ2n) is 3.21. The average molecular weight is 236 g/mol. The predicted molar refractivity (Wildman–Crippen MR) is 62.0 cm³/mol. The second-order valence-corrected chi connectivity index (χ2v) is 4.40. The van der Waals surface area contributed by atoms with E-state index in [0.717, 1.165) is 5.56 Å². The third-order valence-electron chi connectivity index (χ3n) is 2.04. The van der Waals surface area contributed by atoms with Gasteiger partial charge in [0.1, 0.15) is 17.0 Å². The fourth-order valence-corrected chi connectivity index (χ4v) is 2.14. The molecule has 4 nitrogen and oxygen atoms in total. The van der Waals surface area contributed by atoms with Crippen molar-refractivity contribution in [2.24, 2.45) is 0 Å². The van der Waals surface area contributed by atoms with Crippen molar-refractivity contribution in [2.45, 2.75) is 24.3 Å². The van der Waals surface area contributed by atoms with Gasteiger partial charge in [-0.2, -0.15) is 5.26 Å². The number of hydrogen-bond donors (Lipinski definition) is 1. The van der Waals surface area contributed by atoms with Gasteiger partial charge in [0.15, 0.2) is 0 Å². The summed E-state index contributed by atoms with van der Waals surface area (Å²) in [7, 11) is 0. The normalized spacial score (nSPS) is 11.8. The molecule has 1 aromatic heterocycles. The zero-order valence-electron chi connectivity index (χ0n) is 8.88. The Hall–Kier alpha value is -1.54. The molecule has 1 N–H and O–H groups in total. The smallest absolute Gasteiger partial charge is 0.316 e. The number of nitriles is 1. The first kappa shape index (κ1) is 12.5. The van der Waals surface area contributed by atoms with E-state index >= 15 is 0 Å². The molecule has 1 atom stereocenters. The van der Waals surface area contributed by atoms with Crippen LogP contribution >= 0.6 is 11.8 Å². The van der Waals surface area contributed by atoms with Crippen LogP contribution in [0.15, 0.2) is 18.3 Å². The molecule has 0 radical (unpaired) electrons. The standard InChI is InChI=1S/C11H12N2O2S/c1-2-10(11(14)15)16-7-8-3-4-13-9(5-8)6-12/h3-5,10H,2,7H2,1H3,(H,14,15). The molecule has 1 aromatic rings. The van der Waals surface area contributed by atoms with Gasteiger partial charge in [0.2, 0.25) is 0 Å².